The Morgan fingerprint density at radius 1 is 1.24 bits per heavy atom. The number of thiophene rings is 1. The Bertz CT molecular complexity index is 812. The van der Waals surface area contributed by atoms with Crippen molar-refractivity contribution >= 4 is 22.9 Å². The third-order valence-corrected chi connectivity index (χ3v) is 6.89. The van der Waals surface area contributed by atoms with Crippen LogP contribution in [0.2, 0.25) is 0 Å². The monoisotopic (exact) mass is 413 g/mol. The number of nitrogens with zero attached hydrogens (tertiary/aromatic N) is 1. The second kappa shape index (κ2) is 9.06. The number of carbonyl (C=O) groups is 1. The molecule has 0 saturated heterocycles. The Balaban J connectivity index is 1.88. The van der Waals surface area contributed by atoms with Crippen LogP contribution >= 0.6 is 11.3 Å². The van der Waals surface area contributed by atoms with Gasteiger partial charge in [0.25, 0.3) is 0 Å². The number of aliphatic hydroxyl groups is 1. The molecule has 1 N–H and O–H groups in total. The summed E-state index contributed by atoms with van der Waals surface area (Å²) < 4.78 is 0. The zero-order valence-corrected chi connectivity index (χ0v) is 19.3. The van der Waals surface area contributed by atoms with Gasteiger partial charge >= 0.3 is 0 Å². The van der Waals surface area contributed by atoms with E-state index in [0.29, 0.717) is 5.92 Å². The molecule has 1 unspecified atom stereocenters. The van der Waals surface area contributed by atoms with Crippen LogP contribution in [0, 0.1) is 29.1 Å². The van der Waals surface area contributed by atoms with Crippen LogP contribution in [0.4, 0.5) is 5.69 Å². The van der Waals surface area contributed by atoms with Gasteiger partial charge in [-0.15, -0.1) is 11.3 Å². The van der Waals surface area contributed by atoms with Crippen LogP contribution in [-0.4, -0.2) is 23.2 Å². The molecule has 1 aromatic rings. The Morgan fingerprint density at radius 3 is 2.55 bits per heavy atom. The summed E-state index contributed by atoms with van der Waals surface area (Å²) in [4.78, 5) is 16.8. The average Bonchev–Trinajstić information content (AvgIpc) is 3.10. The van der Waals surface area contributed by atoms with Crippen LogP contribution in [-0.2, 0) is 4.79 Å². The van der Waals surface area contributed by atoms with E-state index in [1.807, 2.05) is 0 Å². The second-order valence-corrected chi connectivity index (χ2v) is 10.8. The number of aliphatic hydroxyl groups excluding tert-OH is 1. The van der Waals surface area contributed by atoms with E-state index in [-0.39, 0.29) is 29.4 Å². The van der Waals surface area contributed by atoms with Gasteiger partial charge in [0.05, 0.1) is 16.7 Å². The molecule has 0 radical (unpaired) electrons. The lowest BCUT2D eigenvalue weighted by atomic mass is 9.79. The number of carbonyl (C=O) groups excluding carboxylic acids is 1. The number of amides is 1. The molecule has 1 heterocycles. The third-order valence-electron chi connectivity index (χ3n) is 6.06. The summed E-state index contributed by atoms with van der Waals surface area (Å²) in [5.41, 5.74) is 2.34. The molecule has 4 heteroatoms. The molecule has 1 aromatic heterocycles. The molecule has 1 amide bonds. The Kier molecular flexibility index (Phi) is 6.91. The fourth-order valence-corrected chi connectivity index (χ4v) is 5.15. The summed E-state index contributed by atoms with van der Waals surface area (Å²) in [6, 6.07) is 2.25. The maximum absolute atomic E-state index is 13.7. The van der Waals surface area contributed by atoms with Crippen molar-refractivity contribution in [2.24, 2.45) is 17.3 Å². The van der Waals surface area contributed by atoms with E-state index in [0.717, 1.165) is 49.1 Å². The summed E-state index contributed by atoms with van der Waals surface area (Å²) in [5.74, 6) is 7.23. The molecule has 158 valence electrons. The maximum atomic E-state index is 13.7. The van der Waals surface area contributed by atoms with E-state index in [1.165, 1.54) is 5.57 Å². The molecule has 2 atom stereocenters. The summed E-state index contributed by atoms with van der Waals surface area (Å²) in [6.07, 6.45) is 7.11. The first-order valence-corrected chi connectivity index (χ1v) is 11.8. The normalized spacial score (nSPS) is 27.6. The van der Waals surface area contributed by atoms with E-state index in [1.54, 1.807) is 11.3 Å². The van der Waals surface area contributed by atoms with Crippen molar-refractivity contribution in [1.82, 2.24) is 0 Å². The van der Waals surface area contributed by atoms with Gasteiger partial charge in [-0.25, -0.2) is 0 Å². The van der Waals surface area contributed by atoms with E-state index in [9.17, 15) is 9.90 Å². The molecule has 0 aliphatic heterocycles. The van der Waals surface area contributed by atoms with Crippen LogP contribution in [0.5, 0.6) is 0 Å². The van der Waals surface area contributed by atoms with Gasteiger partial charge in [0.15, 0.2) is 0 Å². The fourth-order valence-electron chi connectivity index (χ4n) is 4.42. The highest BCUT2D eigenvalue weighted by Crippen LogP contribution is 2.36. The van der Waals surface area contributed by atoms with Gasteiger partial charge in [-0.1, -0.05) is 30.4 Å². The van der Waals surface area contributed by atoms with Crippen molar-refractivity contribution in [3.8, 4) is 11.8 Å². The first-order chi connectivity index (χ1) is 13.6. The summed E-state index contributed by atoms with van der Waals surface area (Å²) in [5, 5.41) is 12.0. The largest absolute Gasteiger partial charge is 0.393 e. The molecule has 2 aliphatic rings. The molecular formula is C25H35NO2S. The van der Waals surface area contributed by atoms with Gasteiger partial charge in [-0.2, -0.15) is 0 Å². The smallest absolute Gasteiger partial charge is 0.230 e. The van der Waals surface area contributed by atoms with Crippen molar-refractivity contribution in [2.75, 3.05) is 4.90 Å². The minimum Gasteiger partial charge on any atom is -0.393 e. The maximum Gasteiger partial charge on any atom is 0.230 e. The summed E-state index contributed by atoms with van der Waals surface area (Å²) in [7, 11) is 0. The first-order valence-electron chi connectivity index (χ1n) is 10.9. The van der Waals surface area contributed by atoms with Gasteiger partial charge in [0.2, 0.25) is 5.91 Å². The standard InChI is InChI=1S/C25H35NO2S/c1-17-6-11-23(18(2)14-17)24(28)26(19-7-9-21(27)10-8-19)20-15-22(29-16-20)12-13-25(3,4)5/h6,15-16,18-19,21,23,27H,7-11,14H2,1-5H3/t18-,19?,21?,23?/m0/s1. The predicted octanol–water partition coefficient (Wildman–Crippen LogP) is 5.77. The molecule has 2 aliphatic carbocycles. The molecule has 3 nitrogen and oxygen atoms in total. The lowest BCUT2D eigenvalue weighted by Crippen LogP contribution is -2.47. The van der Waals surface area contributed by atoms with Gasteiger partial charge in [-0.3, -0.25) is 4.79 Å². The molecular weight excluding hydrogens is 378 g/mol. The first kappa shape index (κ1) is 22.1. The highest BCUT2D eigenvalue weighted by Gasteiger charge is 2.36. The second-order valence-electron chi connectivity index (χ2n) is 9.91. The molecule has 1 saturated carbocycles. The molecule has 0 bridgehead atoms. The quantitative estimate of drug-likeness (QED) is 0.504. The Hall–Kier alpha value is -1.57. The van der Waals surface area contributed by atoms with Crippen molar-refractivity contribution in [3.05, 3.63) is 28.0 Å². The van der Waals surface area contributed by atoms with Crippen molar-refractivity contribution in [2.45, 2.75) is 85.3 Å². The molecule has 3 rings (SSSR count). The van der Waals surface area contributed by atoms with E-state index in [4.69, 9.17) is 0 Å². The van der Waals surface area contributed by atoms with Gasteiger partial charge < -0.3 is 10.0 Å². The van der Waals surface area contributed by atoms with Crippen LogP contribution in [0.1, 0.15) is 78.0 Å². The van der Waals surface area contributed by atoms with Crippen LogP contribution in [0.25, 0.3) is 0 Å². The molecule has 0 aromatic carbocycles. The van der Waals surface area contributed by atoms with Gasteiger partial charge in [0, 0.05) is 22.8 Å². The SMILES string of the molecule is CC1=CCC(C(=O)N(c2csc(C#CC(C)(C)C)c2)C2CCC(O)CC2)[C@@H](C)C1. The van der Waals surface area contributed by atoms with Crippen molar-refractivity contribution < 1.29 is 9.90 Å². The lowest BCUT2D eigenvalue weighted by molar-refractivity contribution is -0.124. The molecule has 29 heavy (non-hydrogen) atoms. The highest BCUT2D eigenvalue weighted by molar-refractivity contribution is 7.11. The van der Waals surface area contributed by atoms with Crippen LogP contribution in [0.15, 0.2) is 23.1 Å². The molecule has 0 spiro atoms. The number of anilines is 1. The van der Waals surface area contributed by atoms with Crippen molar-refractivity contribution in [3.63, 3.8) is 0 Å². The van der Waals surface area contributed by atoms with Gasteiger partial charge in [-0.05, 0) is 78.2 Å². The minimum absolute atomic E-state index is 0.0366. The Morgan fingerprint density at radius 2 is 1.93 bits per heavy atom. The predicted molar refractivity (Wildman–Crippen MR) is 122 cm³/mol. The Labute approximate surface area is 180 Å². The van der Waals surface area contributed by atoms with Crippen LogP contribution < -0.4 is 4.90 Å². The van der Waals surface area contributed by atoms with E-state index >= 15 is 0 Å². The van der Waals surface area contributed by atoms with Crippen molar-refractivity contribution in [1.29, 1.82) is 0 Å². The topological polar surface area (TPSA) is 40.5 Å². The third kappa shape index (κ3) is 5.74. The van der Waals surface area contributed by atoms with Gasteiger partial charge in [0.1, 0.15) is 0 Å². The fraction of sp³-hybridized carbons (Fsp3) is 0.640. The average molecular weight is 414 g/mol. The molecule has 1 fully saturated rings. The number of rotatable bonds is 3. The van der Waals surface area contributed by atoms with Crippen LogP contribution in [0.3, 0.4) is 0 Å². The number of hydrogen-bond donors (Lipinski definition) is 1. The number of allylic oxidation sites excluding steroid dienone is 2. The zero-order chi connectivity index (χ0) is 21.2. The van der Waals surface area contributed by atoms with E-state index < -0.39 is 0 Å². The summed E-state index contributed by atoms with van der Waals surface area (Å²) >= 11 is 1.62. The number of hydrogen-bond acceptors (Lipinski definition) is 3. The van der Waals surface area contributed by atoms with E-state index in [2.05, 4.69) is 68.9 Å². The summed E-state index contributed by atoms with van der Waals surface area (Å²) in [6.45, 7) is 10.7. The minimum atomic E-state index is -0.224. The lowest BCUT2D eigenvalue weighted by Gasteiger charge is -2.39. The highest BCUT2D eigenvalue weighted by atomic mass is 32.1. The zero-order valence-electron chi connectivity index (χ0n) is 18.5.